The van der Waals surface area contributed by atoms with Gasteiger partial charge in [0.25, 0.3) is 5.69 Å². The van der Waals surface area contributed by atoms with Crippen LogP contribution in [0.25, 0.3) is 11.6 Å². The fourth-order valence-electron chi connectivity index (χ4n) is 2.11. The molecule has 0 aromatic heterocycles. The molecule has 0 aliphatic rings. The standard InChI is InChI=1S/C19H16N2O5/c1-2-25-19(22)13-26-18-9-3-14(4-10-18)11-16(12-20)15-5-7-17(8-6-15)21(23)24/h3-11H,2,13H2,1H3/b16-11-. The van der Waals surface area contributed by atoms with Gasteiger partial charge in [-0.15, -0.1) is 0 Å². The zero-order chi connectivity index (χ0) is 18.9. The Labute approximate surface area is 150 Å². The van der Waals surface area contributed by atoms with Crippen molar-refractivity contribution in [2.24, 2.45) is 0 Å². The number of nitrogens with zero attached hydrogens (tertiary/aromatic N) is 2. The van der Waals surface area contributed by atoms with E-state index in [9.17, 15) is 20.2 Å². The van der Waals surface area contributed by atoms with E-state index in [1.807, 2.05) is 0 Å². The smallest absolute Gasteiger partial charge is 0.344 e. The molecule has 7 heteroatoms. The van der Waals surface area contributed by atoms with Crippen LogP contribution >= 0.6 is 0 Å². The summed E-state index contributed by atoms with van der Waals surface area (Å²) in [6.45, 7) is 1.84. The lowest BCUT2D eigenvalue weighted by atomic mass is 10.0. The van der Waals surface area contributed by atoms with Crippen LogP contribution in [0.3, 0.4) is 0 Å². The van der Waals surface area contributed by atoms with Crippen LogP contribution in [0.2, 0.25) is 0 Å². The lowest BCUT2D eigenvalue weighted by Crippen LogP contribution is -2.14. The molecule has 26 heavy (non-hydrogen) atoms. The topological polar surface area (TPSA) is 102 Å². The summed E-state index contributed by atoms with van der Waals surface area (Å²) in [6, 6.07) is 14.7. The highest BCUT2D eigenvalue weighted by atomic mass is 16.6. The molecule has 2 aromatic rings. The molecule has 0 unspecified atom stereocenters. The summed E-state index contributed by atoms with van der Waals surface area (Å²) in [4.78, 5) is 21.5. The number of hydrogen-bond donors (Lipinski definition) is 0. The Morgan fingerprint density at radius 3 is 2.38 bits per heavy atom. The van der Waals surface area contributed by atoms with Gasteiger partial charge in [0, 0.05) is 12.1 Å². The van der Waals surface area contributed by atoms with Crippen molar-refractivity contribution in [1.82, 2.24) is 0 Å². The number of carbonyl (C=O) groups is 1. The number of non-ortho nitro benzene ring substituents is 1. The third-order valence-corrected chi connectivity index (χ3v) is 3.36. The van der Waals surface area contributed by atoms with Crippen molar-refractivity contribution in [2.75, 3.05) is 13.2 Å². The summed E-state index contributed by atoms with van der Waals surface area (Å²) in [5.41, 5.74) is 1.68. The third kappa shape index (κ3) is 5.18. The van der Waals surface area contributed by atoms with Crippen molar-refractivity contribution < 1.29 is 19.2 Å². The van der Waals surface area contributed by atoms with Crippen LogP contribution in [0, 0.1) is 21.4 Å². The van der Waals surface area contributed by atoms with Gasteiger partial charge in [0.2, 0.25) is 0 Å². The second-order valence-corrected chi connectivity index (χ2v) is 5.14. The van der Waals surface area contributed by atoms with Crippen molar-refractivity contribution in [3.05, 3.63) is 69.8 Å². The van der Waals surface area contributed by atoms with Crippen LogP contribution in [-0.2, 0) is 9.53 Å². The first-order chi connectivity index (χ1) is 12.5. The van der Waals surface area contributed by atoms with Crippen molar-refractivity contribution >= 4 is 23.3 Å². The highest BCUT2D eigenvalue weighted by Crippen LogP contribution is 2.22. The maximum atomic E-state index is 11.3. The molecule has 0 amide bonds. The molecule has 0 saturated heterocycles. The highest BCUT2D eigenvalue weighted by molar-refractivity contribution is 5.89. The first kappa shape index (κ1) is 18.7. The van der Waals surface area contributed by atoms with Crippen LogP contribution in [0.15, 0.2) is 48.5 Å². The quantitative estimate of drug-likeness (QED) is 0.248. The van der Waals surface area contributed by atoms with E-state index in [-0.39, 0.29) is 12.3 Å². The van der Waals surface area contributed by atoms with Crippen LogP contribution in [0.5, 0.6) is 5.75 Å². The third-order valence-electron chi connectivity index (χ3n) is 3.36. The maximum absolute atomic E-state index is 11.3. The Balaban J connectivity index is 2.10. The number of esters is 1. The lowest BCUT2D eigenvalue weighted by molar-refractivity contribution is -0.384. The Kier molecular flexibility index (Phi) is 6.46. The van der Waals surface area contributed by atoms with Gasteiger partial charge < -0.3 is 9.47 Å². The van der Waals surface area contributed by atoms with Gasteiger partial charge in [-0.2, -0.15) is 5.26 Å². The average Bonchev–Trinajstić information content (AvgIpc) is 2.65. The van der Waals surface area contributed by atoms with Gasteiger partial charge in [-0.25, -0.2) is 4.79 Å². The predicted octanol–water partition coefficient (Wildman–Crippen LogP) is 3.60. The molecule has 0 aliphatic heterocycles. The second kappa shape index (κ2) is 8.99. The molecular weight excluding hydrogens is 336 g/mol. The molecule has 0 bridgehead atoms. The number of carbonyl (C=O) groups excluding carboxylic acids is 1. The predicted molar refractivity (Wildman–Crippen MR) is 95.2 cm³/mol. The molecule has 0 fully saturated rings. The highest BCUT2D eigenvalue weighted by Gasteiger charge is 2.07. The second-order valence-electron chi connectivity index (χ2n) is 5.14. The van der Waals surface area contributed by atoms with E-state index in [1.165, 1.54) is 24.3 Å². The Morgan fingerprint density at radius 2 is 1.85 bits per heavy atom. The van der Waals surface area contributed by atoms with E-state index in [0.29, 0.717) is 23.5 Å². The summed E-state index contributed by atoms with van der Waals surface area (Å²) in [7, 11) is 0. The average molecular weight is 352 g/mol. The minimum absolute atomic E-state index is 0.0332. The molecule has 2 aromatic carbocycles. The van der Waals surface area contributed by atoms with Crippen LogP contribution in [-0.4, -0.2) is 24.1 Å². The first-order valence-corrected chi connectivity index (χ1v) is 7.78. The Morgan fingerprint density at radius 1 is 1.19 bits per heavy atom. The number of nitriles is 1. The lowest BCUT2D eigenvalue weighted by Gasteiger charge is -2.06. The molecule has 0 N–H and O–H groups in total. The summed E-state index contributed by atoms with van der Waals surface area (Å²) >= 11 is 0. The minimum Gasteiger partial charge on any atom is -0.482 e. The monoisotopic (exact) mass is 352 g/mol. The van der Waals surface area contributed by atoms with Gasteiger partial charge in [0.15, 0.2) is 6.61 Å². The van der Waals surface area contributed by atoms with E-state index in [1.54, 1.807) is 37.3 Å². The van der Waals surface area contributed by atoms with Crippen molar-refractivity contribution in [1.29, 1.82) is 5.26 Å². The molecule has 0 atom stereocenters. The zero-order valence-corrected chi connectivity index (χ0v) is 14.0. The molecule has 132 valence electrons. The van der Waals surface area contributed by atoms with E-state index in [0.717, 1.165) is 5.56 Å². The molecule has 0 aliphatic carbocycles. The summed E-state index contributed by atoms with van der Waals surface area (Å²) in [6.07, 6.45) is 1.66. The van der Waals surface area contributed by atoms with E-state index >= 15 is 0 Å². The van der Waals surface area contributed by atoms with Crippen molar-refractivity contribution in [2.45, 2.75) is 6.92 Å². The largest absolute Gasteiger partial charge is 0.482 e. The number of benzene rings is 2. The normalized spacial score (nSPS) is 10.7. The molecule has 0 radical (unpaired) electrons. The van der Waals surface area contributed by atoms with E-state index in [4.69, 9.17) is 9.47 Å². The molecule has 0 heterocycles. The number of ether oxygens (including phenoxy) is 2. The Hall–Kier alpha value is -3.66. The number of nitro benzene ring substituents is 1. The molecule has 2 rings (SSSR count). The summed E-state index contributed by atoms with van der Waals surface area (Å²) in [5.74, 6) is 0.0606. The molecule has 7 nitrogen and oxygen atoms in total. The minimum atomic E-state index is -0.492. The van der Waals surface area contributed by atoms with Crippen LogP contribution < -0.4 is 4.74 Å². The maximum Gasteiger partial charge on any atom is 0.344 e. The van der Waals surface area contributed by atoms with Crippen LogP contribution in [0.1, 0.15) is 18.1 Å². The summed E-state index contributed by atoms with van der Waals surface area (Å²) < 4.78 is 10.1. The van der Waals surface area contributed by atoms with Crippen LogP contribution in [0.4, 0.5) is 5.69 Å². The van der Waals surface area contributed by atoms with Crippen molar-refractivity contribution in [3.8, 4) is 11.8 Å². The fraction of sp³-hybridized carbons (Fsp3) is 0.158. The molecule has 0 saturated carbocycles. The summed E-state index contributed by atoms with van der Waals surface area (Å²) in [5, 5.41) is 20.0. The number of hydrogen-bond acceptors (Lipinski definition) is 6. The van der Waals surface area contributed by atoms with Gasteiger partial charge >= 0.3 is 5.97 Å². The fourth-order valence-corrected chi connectivity index (χ4v) is 2.11. The van der Waals surface area contributed by atoms with Gasteiger partial charge in [-0.05, 0) is 48.4 Å². The van der Waals surface area contributed by atoms with Gasteiger partial charge in [0.1, 0.15) is 5.75 Å². The van der Waals surface area contributed by atoms with Crippen molar-refractivity contribution in [3.63, 3.8) is 0 Å². The molecular formula is C19H16N2O5. The SMILES string of the molecule is CCOC(=O)COc1ccc(/C=C(/C#N)c2ccc([N+](=O)[O-])cc2)cc1. The zero-order valence-electron chi connectivity index (χ0n) is 14.0. The first-order valence-electron chi connectivity index (χ1n) is 7.78. The number of allylic oxidation sites excluding steroid dienone is 1. The van der Waals surface area contributed by atoms with E-state index in [2.05, 4.69) is 6.07 Å². The van der Waals surface area contributed by atoms with E-state index < -0.39 is 10.9 Å². The Bertz CT molecular complexity index is 849. The van der Waals surface area contributed by atoms with Gasteiger partial charge in [-0.3, -0.25) is 10.1 Å². The van der Waals surface area contributed by atoms with Gasteiger partial charge in [0.05, 0.1) is 23.2 Å². The number of rotatable bonds is 7. The van der Waals surface area contributed by atoms with Gasteiger partial charge in [-0.1, -0.05) is 12.1 Å². The molecule has 0 spiro atoms. The number of nitro groups is 1.